The number of hydrogen-bond acceptors (Lipinski definition) is 3. The monoisotopic (exact) mass is 100 g/mol. The van der Waals surface area contributed by atoms with Gasteiger partial charge in [0.2, 0.25) is 0 Å². The summed E-state index contributed by atoms with van der Waals surface area (Å²) in [5.41, 5.74) is 2.40. The molecule has 0 atom stereocenters. The number of ether oxygens (including phenoxy) is 1. The Labute approximate surface area is 42.1 Å². The Morgan fingerprint density at radius 3 is 3.00 bits per heavy atom. The third-order valence-electron chi connectivity index (χ3n) is 0.847. The third kappa shape index (κ3) is 0.838. The first-order valence-corrected chi connectivity index (χ1v) is 2.23. The molecule has 0 aromatic rings. The minimum Gasteiger partial charge on any atom is -0.478 e. The highest BCUT2D eigenvalue weighted by molar-refractivity contribution is 4.93. The highest BCUT2D eigenvalue weighted by atomic mass is 16.5. The lowest BCUT2D eigenvalue weighted by Gasteiger charge is -1.97. The fourth-order valence-electron chi connectivity index (χ4n) is 0.518. The molecule has 0 unspecified atom stereocenters. The normalized spacial score (nSPS) is 18.1. The number of hydrazine groups is 1. The molecule has 0 fully saturated rings. The third-order valence-corrected chi connectivity index (χ3v) is 0.847. The van der Waals surface area contributed by atoms with Gasteiger partial charge in [0.25, 0.3) is 0 Å². The summed E-state index contributed by atoms with van der Waals surface area (Å²) < 4.78 is 4.93. The van der Waals surface area contributed by atoms with E-state index in [4.69, 9.17) is 10.6 Å². The quantitative estimate of drug-likeness (QED) is 0.351. The van der Waals surface area contributed by atoms with Gasteiger partial charge >= 0.3 is 0 Å². The number of hydrogen-bond donors (Lipinski definition) is 2. The van der Waals surface area contributed by atoms with Crippen LogP contribution in [0.5, 0.6) is 0 Å². The largest absolute Gasteiger partial charge is 0.478 e. The molecular weight excluding hydrogens is 92.1 g/mol. The van der Waals surface area contributed by atoms with Crippen molar-refractivity contribution in [3.8, 4) is 0 Å². The summed E-state index contributed by atoms with van der Waals surface area (Å²) in [5.74, 6) is 5.68. The standard InChI is InChI=1S/C4H8N2O/c5-6-4-2-1-3-7-4/h2,6H,1,3,5H2. The molecule has 7 heavy (non-hydrogen) atoms. The highest BCUT2D eigenvalue weighted by Gasteiger charge is 1.99. The van der Waals surface area contributed by atoms with Crippen molar-refractivity contribution in [1.82, 2.24) is 5.43 Å². The zero-order chi connectivity index (χ0) is 5.11. The maximum Gasteiger partial charge on any atom is 0.196 e. The van der Waals surface area contributed by atoms with E-state index in [1.807, 2.05) is 6.08 Å². The highest BCUT2D eigenvalue weighted by Crippen LogP contribution is 2.02. The van der Waals surface area contributed by atoms with Crippen molar-refractivity contribution in [3.63, 3.8) is 0 Å². The smallest absolute Gasteiger partial charge is 0.196 e. The van der Waals surface area contributed by atoms with Crippen molar-refractivity contribution in [3.05, 3.63) is 12.0 Å². The van der Waals surface area contributed by atoms with E-state index >= 15 is 0 Å². The number of rotatable bonds is 1. The van der Waals surface area contributed by atoms with E-state index in [2.05, 4.69) is 5.43 Å². The van der Waals surface area contributed by atoms with E-state index in [1.54, 1.807) is 0 Å². The first kappa shape index (κ1) is 4.46. The van der Waals surface area contributed by atoms with Gasteiger partial charge in [-0.25, -0.2) is 5.84 Å². The van der Waals surface area contributed by atoms with Crippen LogP contribution in [0.2, 0.25) is 0 Å². The van der Waals surface area contributed by atoms with Crippen molar-refractivity contribution < 1.29 is 4.74 Å². The molecular formula is C4H8N2O. The van der Waals surface area contributed by atoms with Crippen LogP contribution < -0.4 is 11.3 Å². The molecule has 1 rings (SSSR count). The predicted octanol–water partition coefficient (Wildman–Crippen LogP) is -0.289. The number of nitrogens with two attached hydrogens (primary N) is 1. The van der Waals surface area contributed by atoms with Crippen LogP contribution in [0.25, 0.3) is 0 Å². The molecule has 0 saturated heterocycles. The second kappa shape index (κ2) is 1.84. The molecule has 0 aromatic carbocycles. The summed E-state index contributed by atoms with van der Waals surface area (Å²) in [6.45, 7) is 0.763. The summed E-state index contributed by atoms with van der Waals surface area (Å²) in [6.07, 6.45) is 2.89. The van der Waals surface area contributed by atoms with Gasteiger partial charge in [-0.3, -0.25) is 5.43 Å². The Balaban J connectivity index is 2.36. The van der Waals surface area contributed by atoms with Gasteiger partial charge < -0.3 is 4.74 Å². The lowest BCUT2D eigenvalue weighted by Crippen LogP contribution is -2.20. The molecule has 0 bridgehead atoms. The van der Waals surface area contributed by atoms with E-state index in [0.29, 0.717) is 5.88 Å². The minimum absolute atomic E-state index is 0.694. The molecule has 0 radical (unpaired) electrons. The predicted molar refractivity (Wildman–Crippen MR) is 26.0 cm³/mol. The van der Waals surface area contributed by atoms with E-state index in [-0.39, 0.29) is 0 Å². The molecule has 1 aliphatic heterocycles. The molecule has 0 spiro atoms. The maximum absolute atomic E-state index is 4.99. The SMILES string of the molecule is NNC1=CCCO1. The molecule has 0 aliphatic carbocycles. The molecule has 1 heterocycles. The van der Waals surface area contributed by atoms with Gasteiger partial charge in [0.15, 0.2) is 5.88 Å². The topological polar surface area (TPSA) is 47.3 Å². The molecule has 3 heteroatoms. The fraction of sp³-hybridized carbons (Fsp3) is 0.500. The summed E-state index contributed by atoms with van der Waals surface area (Å²) in [5, 5.41) is 0. The van der Waals surface area contributed by atoms with Crippen LogP contribution >= 0.6 is 0 Å². The molecule has 3 N–H and O–H groups in total. The molecule has 1 aliphatic rings. The van der Waals surface area contributed by atoms with Gasteiger partial charge in [-0.1, -0.05) is 0 Å². The van der Waals surface area contributed by atoms with E-state index in [9.17, 15) is 0 Å². The van der Waals surface area contributed by atoms with Crippen LogP contribution in [-0.4, -0.2) is 6.61 Å². The van der Waals surface area contributed by atoms with Crippen molar-refractivity contribution >= 4 is 0 Å². The van der Waals surface area contributed by atoms with Gasteiger partial charge in [-0.05, 0) is 6.08 Å². The van der Waals surface area contributed by atoms with Gasteiger partial charge in [0.05, 0.1) is 6.61 Å². The summed E-state index contributed by atoms with van der Waals surface area (Å²) in [4.78, 5) is 0. The lowest BCUT2D eigenvalue weighted by atomic mass is 10.5. The van der Waals surface area contributed by atoms with Gasteiger partial charge in [0, 0.05) is 6.42 Å². The average Bonchev–Trinajstić information content (AvgIpc) is 2.14. The molecule has 0 saturated carbocycles. The molecule has 0 amide bonds. The average molecular weight is 100 g/mol. The summed E-state index contributed by atoms with van der Waals surface area (Å²) >= 11 is 0. The maximum atomic E-state index is 4.99. The lowest BCUT2D eigenvalue weighted by molar-refractivity contribution is 0.223. The second-order valence-electron chi connectivity index (χ2n) is 1.35. The fourth-order valence-corrected chi connectivity index (χ4v) is 0.518. The molecule has 40 valence electrons. The molecule has 3 nitrogen and oxygen atoms in total. The second-order valence-corrected chi connectivity index (χ2v) is 1.35. The van der Waals surface area contributed by atoms with Crippen LogP contribution in [0.3, 0.4) is 0 Å². The van der Waals surface area contributed by atoms with Crippen LogP contribution in [0.4, 0.5) is 0 Å². The Kier molecular flexibility index (Phi) is 1.17. The van der Waals surface area contributed by atoms with Gasteiger partial charge in [-0.15, -0.1) is 0 Å². The summed E-state index contributed by atoms with van der Waals surface area (Å²) in [7, 11) is 0. The zero-order valence-electron chi connectivity index (χ0n) is 3.98. The van der Waals surface area contributed by atoms with Crippen molar-refractivity contribution in [2.24, 2.45) is 5.84 Å². The van der Waals surface area contributed by atoms with Gasteiger partial charge in [-0.2, -0.15) is 0 Å². The van der Waals surface area contributed by atoms with Crippen molar-refractivity contribution in [1.29, 1.82) is 0 Å². The van der Waals surface area contributed by atoms with Crippen LogP contribution in [-0.2, 0) is 4.74 Å². The van der Waals surface area contributed by atoms with E-state index in [0.717, 1.165) is 13.0 Å². The van der Waals surface area contributed by atoms with E-state index < -0.39 is 0 Å². The summed E-state index contributed by atoms with van der Waals surface area (Å²) in [6, 6.07) is 0. The number of nitrogens with one attached hydrogen (secondary N) is 1. The minimum atomic E-state index is 0.694. The Bertz CT molecular complexity index is 89.7. The Morgan fingerprint density at radius 2 is 2.71 bits per heavy atom. The first-order chi connectivity index (χ1) is 3.43. The van der Waals surface area contributed by atoms with Crippen LogP contribution in [0, 0.1) is 0 Å². The van der Waals surface area contributed by atoms with E-state index in [1.165, 1.54) is 0 Å². The van der Waals surface area contributed by atoms with Crippen LogP contribution in [0.15, 0.2) is 12.0 Å². The van der Waals surface area contributed by atoms with Crippen LogP contribution in [0.1, 0.15) is 6.42 Å². The first-order valence-electron chi connectivity index (χ1n) is 2.23. The van der Waals surface area contributed by atoms with Crippen molar-refractivity contribution in [2.75, 3.05) is 6.61 Å². The molecule has 0 aromatic heterocycles. The zero-order valence-corrected chi connectivity index (χ0v) is 3.98. The Hall–Kier alpha value is -0.700. The van der Waals surface area contributed by atoms with Crippen molar-refractivity contribution in [2.45, 2.75) is 6.42 Å². The Morgan fingerprint density at radius 1 is 1.86 bits per heavy atom. The van der Waals surface area contributed by atoms with Gasteiger partial charge in [0.1, 0.15) is 0 Å².